The highest BCUT2D eigenvalue weighted by Crippen LogP contribution is 2.65. The van der Waals surface area contributed by atoms with Crippen molar-refractivity contribution in [3.05, 3.63) is 523 Å². The van der Waals surface area contributed by atoms with Crippen molar-refractivity contribution in [3.8, 4) is 89.0 Å². The van der Waals surface area contributed by atoms with Crippen LogP contribution in [0.25, 0.3) is 132 Å². The molecule has 20 aromatic rings. The predicted octanol–water partition coefficient (Wildman–Crippen LogP) is 31.6. The quantitative estimate of drug-likeness (QED) is 0.142. The monoisotopic (exact) mass is 1580 g/mol. The summed E-state index contributed by atoms with van der Waals surface area (Å²) in [5, 5.41) is 10.9. The molecule has 0 aromatic heterocycles. The van der Waals surface area contributed by atoms with Gasteiger partial charge < -0.3 is 0 Å². The summed E-state index contributed by atoms with van der Waals surface area (Å²) in [5.74, 6) is 0. The first-order valence-corrected chi connectivity index (χ1v) is 44.2. The van der Waals surface area contributed by atoms with Crippen molar-refractivity contribution >= 4 is 43.1 Å². The van der Waals surface area contributed by atoms with Crippen LogP contribution in [0.4, 0.5) is 0 Å². The van der Waals surface area contributed by atoms with E-state index in [0.717, 1.165) is 25.7 Å². The Morgan fingerprint density at radius 2 is 0.492 bits per heavy atom. The standard InChI is InChI=1S/2C26H18.4C18H14/c1-17-9-8-13-21-20-12-4-7-16-24(20)26(25(17)21)22-14-5-2-10-18(22)19-11-3-6-15-23(19)26;1-17-14-15-21-20-10-4-7-13-24(20)26(25(21)16-17)22-11-5-2-8-18(22)19-9-3-6-12-23(19)26;1-12-5-4-7-14-11-15-10-9-13-6-2-3-8-16(13)18(15)17(12)14;1-12-5-4-8-16-17(12)11-14-10-9-13-6-2-3-7-15(13)18(14)16;1-12-6-9-17-15(10-12)11-14-8-7-13-4-2-3-5-16(13)18(14)17;1-12-6-7-14-11-15-9-8-13-4-2-3-5-16(13)18(15)17(14)10-12/h2*2-16H,1H3;4*2-10H,11H2,1H3. The summed E-state index contributed by atoms with van der Waals surface area (Å²) in [4.78, 5) is 0. The molecule has 8 aliphatic rings. The molecule has 0 fully saturated rings. The molecule has 8 aliphatic carbocycles. The third-order valence-electron chi connectivity index (χ3n) is 28.3. The van der Waals surface area contributed by atoms with E-state index in [1.807, 2.05) is 0 Å². The van der Waals surface area contributed by atoms with Gasteiger partial charge in [-0.1, -0.05) is 417 Å². The lowest BCUT2D eigenvalue weighted by atomic mass is 9.69. The van der Waals surface area contributed by atoms with Crippen molar-refractivity contribution in [2.75, 3.05) is 0 Å². The van der Waals surface area contributed by atoms with Gasteiger partial charge in [-0.15, -0.1) is 0 Å². The van der Waals surface area contributed by atoms with Crippen molar-refractivity contribution in [3.63, 3.8) is 0 Å². The summed E-state index contributed by atoms with van der Waals surface area (Å²) in [6, 6.07) is 147. The molecule has 0 atom stereocenters. The van der Waals surface area contributed by atoms with Gasteiger partial charge in [-0.3, -0.25) is 0 Å². The highest BCUT2D eigenvalue weighted by Gasteiger charge is 2.53. The fraction of sp³-hybridized carbons (Fsp3) is 0.0968. The van der Waals surface area contributed by atoms with Gasteiger partial charge in [-0.2, -0.15) is 0 Å². The summed E-state index contributed by atoms with van der Waals surface area (Å²) in [5.41, 5.74) is 53.5. The van der Waals surface area contributed by atoms with Gasteiger partial charge in [0.2, 0.25) is 0 Å². The van der Waals surface area contributed by atoms with E-state index < -0.39 is 0 Å². The fourth-order valence-electron chi connectivity index (χ4n) is 23.1. The van der Waals surface area contributed by atoms with Crippen molar-refractivity contribution in [1.29, 1.82) is 0 Å². The Labute approximate surface area is 727 Å². The summed E-state index contributed by atoms with van der Waals surface area (Å²) < 4.78 is 0. The molecule has 0 saturated heterocycles. The van der Waals surface area contributed by atoms with E-state index in [1.165, 1.54) is 255 Å². The van der Waals surface area contributed by atoms with Crippen LogP contribution in [0.15, 0.2) is 400 Å². The van der Waals surface area contributed by atoms with E-state index in [-0.39, 0.29) is 10.8 Å². The maximum Gasteiger partial charge on any atom is 0.0728 e. The number of hydrogen-bond donors (Lipinski definition) is 0. The average Bonchev–Trinajstić information content (AvgIpc) is 1.51. The first-order valence-electron chi connectivity index (χ1n) is 44.2. The van der Waals surface area contributed by atoms with Gasteiger partial charge in [0.15, 0.2) is 0 Å². The molecule has 124 heavy (non-hydrogen) atoms. The second-order valence-electron chi connectivity index (χ2n) is 35.3. The fourth-order valence-corrected chi connectivity index (χ4v) is 23.1. The SMILES string of the molecule is Cc1ccc2c(c1)-c1c(ccc3ccccc13)C2.Cc1ccc2c(c1)C1(c3ccccc3-c3ccccc31)c1ccccc1-2.Cc1ccc2c(c1)Cc1ccc3ccccc3c1-2.Cc1cccc2c1-c1c(ccc3ccccc13)C2.Cc1cccc2c1C1(c3ccccc3-c3ccccc31)c1ccccc1-2.Cc1cccc2c1Cc1ccc3ccccc3c1-2. The molecule has 0 N–H and O–H groups in total. The number of fused-ring (bicyclic) bond motifs is 40. The van der Waals surface area contributed by atoms with Crippen LogP contribution in [-0.2, 0) is 36.5 Å². The minimum absolute atomic E-state index is 0.189. The van der Waals surface area contributed by atoms with Gasteiger partial charge >= 0.3 is 0 Å². The van der Waals surface area contributed by atoms with E-state index in [1.54, 1.807) is 0 Å². The summed E-state index contributed by atoms with van der Waals surface area (Å²) in [7, 11) is 0. The Balaban J connectivity index is 0.0000000867. The number of benzene rings is 20. The maximum atomic E-state index is 2.40. The van der Waals surface area contributed by atoms with Crippen molar-refractivity contribution in [2.24, 2.45) is 0 Å². The van der Waals surface area contributed by atoms with Crippen LogP contribution in [-0.4, -0.2) is 0 Å². The van der Waals surface area contributed by atoms with Crippen LogP contribution in [0.3, 0.4) is 0 Å². The van der Waals surface area contributed by atoms with Crippen molar-refractivity contribution in [2.45, 2.75) is 78.1 Å². The van der Waals surface area contributed by atoms with Gasteiger partial charge in [-0.25, -0.2) is 0 Å². The summed E-state index contributed by atoms with van der Waals surface area (Å²) in [6.45, 7) is 13.2. The van der Waals surface area contributed by atoms with Crippen molar-refractivity contribution in [1.82, 2.24) is 0 Å². The Bertz CT molecular complexity index is 7650. The lowest BCUT2D eigenvalue weighted by Gasteiger charge is -2.31. The van der Waals surface area contributed by atoms with Gasteiger partial charge in [-0.05, 0) is 305 Å². The van der Waals surface area contributed by atoms with Crippen LogP contribution < -0.4 is 0 Å². The number of aryl methyl sites for hydroxylation is 6. The normalized spacial score (nSPS) is 13.4. The molecule has 0 nitrogen and oxygen atoms in total. The maximum absolute atomic E-state index is 2.40. The largest absolute Gasteiger partial charge is 0.0728 e. The Morgan fingerprint density at radius 1 is 0.169 bits per heavy atom. The summed E-state index contributed by atoms with van der Waals surface area (Å²) >= 11 is 0. The predicted molar refractivity (Wildman–Crippen MR) is 523 cm³/mol. The molecular formula is C124H92. The molecule has 0 amide bonds. The van der Waals surface area contributed by atoms with Gasteiger partial charge in [0.05, 0.1) is 10.8 Å². The lowest BCUT2D eigenvalue weighted by Crippen LogP contribution is -2.26. The molecule has 0 aliphatic heterocycles. The smallest absolute Gasteiger partial charge is 0.0619 e. The van der Waals surface area contributed by atoms with Gasteiger partial charge in [0.25, 0.3) is 0 Å². The molecule has 20 aromatic carbocycles. The average molecular weight is 1580 g/mol. The molecule has 0 saturated carbocycles. The van der Waals surface area contributed by atoms with Gasteiger partial charge in [0.1, 0.15) is 0 Å². The molecular weight excluding hydrogens is 1490 g/mol. The molecule has 588 valence electrons. The molecule has 0 bridgehead atoms. The minimum Gasteiger partial charge on any atom is -0.0619 e. The van der Waals surface area contributed by atoms with E-state index >= 15 is 0 Å². The molecule has 0 radical (unpaired) electrons. The Hall–Kier alpha value is -14.6. The van der Waals surface area contributed by atoms with Crippen molar-refractivity contribution < 1.29 is 0 Å². The van der Waals surface area contributed by atoms with Crippen LogP contribution in [0.2, 0.25) is 0 Å². The van der Waals surface area contributed by atoms with E-state index in [9.17, 15) is 0 Å². The first kappa shape index (κ1) is 74.5. The highest BCUT2D eigenvalue weighted by molar-refractivity contribution is 6.06. The number of rotatable bonds is 0. The third-order valence-corrected chi connectivity index (χ3v) is 28.3. The third kappa shape index (κ3) is 11.6. The lowest BCUT2D eigenvalue weighted by molar-refractivity contribution is 0.786. The first-order chi connectivity index (χ1) is 61.0. The summed E-state index contributed by atoms with van der Waals surface area (Å²) in [6.07, 6.45) is 4.33. The molecule has 0 unspecified atom stereocenters. The van der Waals surface area contributed by atoms with E-state index in [2.05, 4.69) is 442 Å². The zero-order valence-corrected chi connectivity index (χ0v) is 70.9. The molecule has 0 heteroatoms. The van der Waals surface area contributed by atoms with Crippen LogP contribution >= 0.6 is 0 Å². The van der Waals surface area contributed by atoms with Crippen LogP contribution in [0.5, 0.6) is 0 Å². The second kappa shape index (κ2) is 29.7. The Kier molecular flexibility index (Phi) is 17.8. The van der Waals surface area contributed by atoms with E-state index in [0.29, 0.717) is 0 Å². The molecule has 28 rings (SSSR count). The van der Waals surface area contributed by atoms with E-state index in [4.69, 9.17) is 0 Å². The topological polar surface area (TPSA) is 0 Å². The zero-order chi connectivity index (χ0) is 83.1. The van der Waals surface area contributed by atoms with Crippen LogP contribution in [0, 0.1) is 41.5 Å². The zero-order valence-electron chi connectivity index (χ0n) is 70.9. The highest BCUT2D eigenvalue weighted by atomic mass is 14.5. The van der Waals surface area contributed by atoms with Crippen LogP contribution in [0.1, 0.15) is 122 Å². The Morgan fingerprint density at radius 3 is 1.01 bits per heavy atom. The van der Waals surface area contributed by atoms with Gasteiger partial charge in [0, 0.05) is 0 Å². The minimum atomic E-state index is -0.190. The molecule has 0 heterocycles. The molecule has 2 spiro atoms. The number of hydrogen-bond acceptors (Lipinski definition) is 0. The second-order valence-corrected chi connectivity index (χ2v) is 35.3.